The fourth-order valence-electron chi connectivity index (χ4n) is 1.41. The van der Waals surface area contributed by atoms with Gasteiger partial charge < -0.3 is 0 Å². The zero-order valence-electron chi connectivity index (χ0n) is 9.59. The van der Waals surface area contributed by atoms with E-state index in [0.717, 1.165) is 10.8 Å². The molecule has 0 spiro atoms. The maximum Gasteiger partial charge on any atom is 0.161 e. The quantitative estimate of drug-likeness (QED) is 0.607. The summed E-state index contributed by atoms with van der Waals surface area (Å²) in [7, 11) is 0. The van der Waals surface area contributed by atoms with E-state index >= 15 is 0 Å². The number of nitrogens with zero attached hydrogens (tertiary/aromatic N) is 1. The van der Waals surface area contributed by atoms with Crippen LogP contribution >= 0.6 is 11.8 Å². The number of aromatic nitrogens is 1. The van der Waals surface area contributed by atoms with Crippen molar-refractivity contribution in [3.05, 3.63) is 59.8 Å². The molecule has 0 amide bonds. The second-order valence-corrected chi connectivity index (χ2v) is 4.71. The van der Waals surface area contributed by atoms with Gasteiger partial charge in [-0.2, -0.15) is 0 Å². The molecule has 0 N–H and O–H groups in total. The molecule has 2 rings (SSSR count). The Kier molecular flexibility index (Phi) is 3.94. The van der Waals surface area contributed by atoms with Crippen molar-refractivity contribution in [2.45, 2.75) is 17.7 Å². The maximum absolute atomic E-state index is 11.1. The summed E-state index contributed by atoms with van der Waals surface area (Å²) in [5, 5.41) is 0.943. The number of thioether (sulfide) groups is 1. The zero-order chi connectivity index (χ0) is 12.1. The monoisotopic (exact) mass is 243 g/mol. The molecular weight excluding hydrogens is 230 g/mol. The molecule has 2 nitrogen and oxygen atoms in total. The van der Waals surface area contributed by atoms with Crippen LogP contribution in [0, 0.1) is 0 Å². The maximum atomic E-state index is 11.1. The lowest BCUT2D eigenvalue weighted by Crippen LogP contribution is -1.93. The molecule has 0 radical (unpaired) electrons. The van der Waals surface area contributed by atoms with Crippen LogP contribution in [0.15, 0.2) is 53.7 Å². The Bertz CT molecular complexity index is 493. The van der Waals surface area contributed by atoms with Crippen molar-refractivity contribution in [3.63, 3.8) is 0 Å². The number of hydrogen-bond acceptors (Lipinski definition) is 3. The fraction of sp³-hybridized carbons (Fsp3) is 0.143. The molecule has 0 unspecified atom stereocenters. The summed E-state index contributed by atoms with van der Waals surface area (Å²) in [5.41, 5.74) is 1.93. The average Bonchev–Trinajstić information content (AvgIpc) is 2.38. The van der Waals surface area contributed by atoms with E-state index in [-0.39, 0.29) is 5.78 Å². The van der Waals surface area contributed by atoms with Gasteiger partial charge in [0, 0.05) is 17.5 Å². The minimum absolute atomic E-state index is 0.0529. The van der Waals surface area contributed by atoms with Crippen molar-refractivity contribution in [1.82, 2.24) is 4.98 Å². The molecule has 0 aliphatic heterocycles. The van der Waals surface area contributed by atoms with E-state index in [1.165, 1.54) is 5.56 Å². The molecule has 0 aliphatic carbocycles. The van der Waals surface area contributed by atoms with E-state index in [4.69, 9.17) is 0 Å². The van der Waals surface area contributed by atoms with Gasteiger partial charge in [0.2, 0.25) is 0 Å². The number of Topliss-reactive ketones (excluding diaryl/α,β-unsaturated/α-hetero) is 1. The third kappa shape index (κ3) is 3.43. The van der Waals surface area contributed by atoms with E-state index in [1.807, 2.05) is 30.3 Å². The topological polar surface area (TPSA) is 30.0 Å². The number of rotatable bonds is 4. The van der Waals surface area contributed by atoms with Crippen LogP contribution in [0.2, 0.25) is 0 Å². The predicted molar refractivity (Wildman–Crippen MR) is 70.2 cm³/mol. The second kappa shape index (κ2) is 5.64. The molecule has 2 aromatic rings. The summed E-state index contributed by atoms with van der Waals surface area (Å²) >= 11 is 1.67. The van der Waals surface area contributed by atoms with Crippen molar-refractivity contribution in [3.8, 4) is 0 Å². The summed E-state index contributed by atoms with van der Waals surface area (Å²) in [6.07, 6.45) is 1.63. The Hall–Kier alpha value is -1.61. The Morgan fingerprint density at radius 1 is 1.18 bits per heavy atom. The fourth-order valence-corrected chi connectivity index (χ4v) is 2.20. The normalized spacial score (nSPS) is 10.2. The van der Waals surface area contributed by atoms with Crippen molar-refractivity contribution in [2.75, 3.05) is 0 Å². The third-order valence-electron chi connectivity index (χ3n) is 2.37. The molecule has 0 atom stereocenters. The van der Waals surface area contributed by atoms with Crippen LogP contribution in [0.25, 0.3) is 0 Å². The van der Waals surface area contributed by atoms with E-state index in [0.29, 0.717) is 5.56 Å². The summed E-state index contributed by atoms with van der Waals surface area (Å²) < 4.78 is 0. The number of ketones is 1. The van der Waals surface area contributed by atoms with Gasteiger partial charge in [-0.05, 0) is 24.6 Å². The van der Waals surface area contributed by atoms with E-state index in [1.54, 1.807) is 24.9 Å². The molecule has 0 aliphatic rings. The first kappa shape index (κ1) is 11.9. The van der Waals surface area contributed by atoms with Crippen LogP contribution < -0.4 is 0 Å². The minimum atomic E-state index is 0.0529. The molecule has 1 aromatic heterocycles. The molecule has 86 valence electrons. The lowest BCUT2D eigenvalue weighted by atomic mass is 10.2. The van der Waals surface area contributed by atoms with Gasteiger partial charge in [0.25, 0.3) is 0 Å². The Morgan fingerprint density at radius 3 is 2.53 bits per heavy atom. The van der Waals surface area contributed by atoms with Crippen molar-refractivity contribution < 1.29 is 4.79 Å². The van der Waals surface area contributed by atoms with Crippen molar-refractivity contribution in [1.29, 1.82) is 0 Å². The van der Waals surface area contributed by atoms with Gasteiger partial charge in [-0.15, -0.1) is 11.8 Å². The van der Waals surface area contributed by atoms with E-state index in [9.17, 15) is 4.79 Å². The lowest BCUT2D eigenvalue weighted by molar-refractivity contribution is 0.101. The van der Waals surface area contributed by atoms with E-state index < -0.39 is 0 Å². The summed E-state index contributed by atoms with van der Waals surface area (Å²) in [6, 6.07) is 14.0. The number of carbonyl (C=O) groups is 1. The zero-order valence-corrected chi connectivity index (χ0v) is 10.4. The molecule has 1 aromatic carbocycles. The SMILES string of the molecule is CC(=O)c1ccc(SCc2ccccc2)nc1. The Labute approximate surface area is 105 Å². The highest BCUT2D eigenvalue weighted by molar-refractivity contribution is 7.98. The van der Waals surface area contributed by atoms with Gasteiger partial charge in [-0.25, -0.2) is 4.98 Å². The molecule has 1 heterocycles. The van der Waals surface area contributed by atoms with Gasteiger partial charge in [-0.1, -0.05) is 30.3 Å². The summed E-state index contributed by atoms with van der Waals surface area (Å²) in [4.78, 5) is 15.3. The second-order valence-electron chi connectivity index (χ2n) is 3.72. The summed E-state index contributed by atoms with van der Waals surface area (Å²) in [6.45, 7) is 1.55. The molecule has 0 fully saturated rings. The predicted octanol–water partition coefficient (Wildman–Crippen LogP) is 3.58. The first-order valence-electron chi connectivity index (χ1n) is 5.39. The smallest absolute Gasteiger partial charge is 0.161 e. The Morgan fingerprint density at radius 2 is 1.94 bits per heavy atom. The third-order valence-corrected chi connectivity index (χ3v) is 3.39. The molecule has 0 saturated carbocycles. The van der Waals surface area contributed by atoms with E-state index in [2.05, 4.69) is 17.1 Å². The van der Waals surface area contributed by atoms with Crippen LogP contribution in [0.1, 0.15) is 22.8 Å². The standard InChI is InChI=1S/C14H13NOS/c1-11(16)13-7-8-14(15-9-13)17-10-12-5-3-2-4-6-12/h2-9H,10H2,1H3. The van der Waals surface area contributed by atoms with Crippen LogP contribution in [-0.4, -0.2) is 10.8 Å². The highest BCUT2D eigenvalue weighted by Gasteiger charge is 2.01. The van der Waals surface area contributed by atoms with Crippen LogP contribution in [0.3, 0.4) is 0 Å². The van der Waals surface area contributed by atoms with Gasteiger partial charge in [0.1, 0.15) is 0 Å². The molecule has 0 bridgehead atoms. The largest absolute Gasteiger partial charge is 0.294 e. The van der Waals surface area contributed by atoms with Crippen molar-refractivity contribution >= 4 is 17.5 Å². The number of benzene rings is 1. The number of carbonyl (C=O) groups excluding carboxylic acids is 1. The average molecular weight is 243 g/mol. The molecule has 0 saturated heterocycles. The van der Waals surface area contributed by atoms with Gasteiger partial charge >= 0.3 is 0 Å². The lowest BCUT2D eigenvalue weighted by Gasteiger charge is -2.01. The molecule has 17 heavy (non-hydrogen) atoms. The number of pyridine rings is 1. The number of hydrogen-bond donors (Lipinski definition) is 0. The highest BCUT2D eigenvalue weighted by Crippen LogP contribution is 2.20. The van der Waals surface area contributed by atoms with Crippen molar-refractivity contribution in [2.24, 2.45) is 0 Å². The van der Waals surface area contributed by atoms with Crippen LogP contribution in [0.5, 0.6) is 0 Å². The van der Waals surface area contributed by atoms with Gasteiger partial charge in [0.05, 0.1) is 5.03 Å². The summed E-state index contributed by atoms with van der Waals surface area (Å²) in [5.74, 6) is 0.949. The van der Waals surface area contributed by atoms with Crippen LogP contribution in [-0.2, 0) is 5.75 Å². The van der Waals surface area contributed by atoms with Gasteiger partial charge in [-0.3, -0.25) is 4.79 Å². The highest BCUT2D eigenvalue weighted by atomic mass is 32.2. The minimum Gasteiger partial charge on any atom is -0.294 e. The van der Waals surface area contributed by atoms with Gasteiger partial charge in [0.15, 0.2) is 5.78 Å². The molecular formula is C14H13NOS. The Balaban J connectivity index is 1.98. The van der Waals surface area contributed by atoms with Crippen LogP contribution in [0.4, 0.5) is 0 Å². The first-order valence-corrected chi connectivity index (χ1v) is 6.38. The molecule has 3 heteroatoms. The first-order chi connectivity index (χ1) is 8.25.